The van der Waals surface area contributed by atoms with Gasteiger partial charge in [-0.3, -0.25) is 4.79 Å². The minimum atomic E-state index is 0.0365. The van der Waals surface area contributed by atoms with Crippen molar-refractivity contribution in [1.82, 2.24) is 5.32 Å². The second-order valence-corrected chi connectivity index (χ2v) is 4.77. The van der Waals surface area contributed by atoms with Crippen LogP contribution in [0.1, 0.15) is 26.3 Å². The lowest BCUT2D eigenvalue weighted by Gasteiger charge is -2.18. The molecular weight excluding hydrogens is 212 g/mol. The van der Waals surface area contributed by atoms with Crippen LogP contribution in [0.5, 0.6) is 0 Å². The van der Waals surface area contributed by atoms with Crippen LogP contribution < -0.4 is 10.6 Å². The zero-order chi connectivity index (χ0) is 12.8. The van der Waals surface area contributed by atoms with Crippen molar-refractivity contribution in [2.45, 2.75) is 33.7 Å². The summed E-state index contributed by atoms with van der Waals surface area (Å²) in [7, 11) is 0. The third-order valence-electron chi connectivity index (χ3n) is 2.97. The van der Waals surface area contributed by atoms with Gasteiger partial charge in [-0.1, -0.05) is 32.0 Å². The van der Waals surface area contributed by atoms with Crippen LogP contribution in [-0.2, 0) is 4.79 Å². The van der Waals surface area contributed by atoms with Gasteiger partial charge in [0.25, 0.3) is 0 Å². The highest BCUT2D eigenvalue weighted by molar-refractivity contribution is 5.81. The van der Waals surface area contributed by atoms with Crippen LogP contribution in [0.25, 0.3) is 0 Å². The van der Waals surface area contributed by atoms with Gasteiger partial charge in [0.2, 0.25) is 5.91 Å². The maximum atomic E-state index is 11.7. The molecule has 0 aliphatic rings. The summed E-state index contributed by atoms with van der Waals surface area (Å²) in [4.78, 5) is 11.7. The molecule has 0 saturated carbocycles. The van der Waals surface area contributed by atoms with Crippen molar-refractivity contribution >= 4 is 11.6 Å². The summed E-state index contributed by atoms with van der Waals surface area (Å²) in [5, 5.41) is 6.11. The third-order valence-corrected chi connectivity index (χ3v) is 2.97. The summed E-state index contributed by atoms with van der Waals surface area (Å²) in [6.07, 6.45) is 0. The molecule has 2 N–H and O–H groups in total. The lowest BCUT2D eigenvalue weighted by molar-refractivity contribution is -0.120. The Morgan fingerprint density at radius 2 is 1.88 bits per heavy atom. The number of para-hydroxylation sites is 1. The van der Waals surface area contributed by atoms with E-state index in [-0.39, 0.29) is 11.9 Å². The van der Waals surface area contributed by atoms with Crippen molar-refractivity contribution in [3.8, 4) is 0 Å². The summed E-state index contributed by atoms with van der Waals surface area (Å²) >= 11 is 0. The zero-order valence-corrected chi connectivity index (χ0v) is 11.1. The number of hydrogen-bond donors (Lipinski definition) is 2. The number of carbonyl (C=O) groups excluding carboxylic acids is 1. The maximum Gasteiger partial charge on any atom is 0.239 e. The number of amides is 1. The van der Waals surface area contributed by atoms with Crippen molar-refractivity contribution in [2.24, 2.45) is 5.92 Å². The zero-order valence-electron chi connectivity index (χ0n) is 11.1. The number of rotatable bonds is 5. The number of anilines is 1. The Balaban J connectivity index is 2.41. The molecule has 17 heavy (non-hydrogen) atoms. The minimum absolute atomic E-state index is 0.0365. The second kappa shape index (κ2) is 6.28. The number of hydrogen-bond acceptors (Lipinski definition) is 2. The van der Waals surface area contributed by atoms with Gasteiger partial charge >= 0.3 is 0 Å². The molecule has 1 aromatic rings. The molecule has 0 aliphatic carbocycles. The first-order valence-corrected chi connectivity index (χ1v) is 6.09. The monoisotopic (exact) mass is 234 g/mol. The summed E-state index contributed by atoms with van der Waals surface area (Å²) < 4.78 is 0. The van der Waals surface area contributed by atoms with E-state index in [2.05, 4.69) is 24.5 Å². The molecule has 1 unspecified atom stereocenters. The average molecular weight is 234 g/mol. The largest absolute Gasteiger partial charge is 0.376 e. The molecule has 0 fully saturated rings. The van der Waals surface area contributed by atoms with E-state index in [0.717, 1.165) is 11.3 Å². The molecule has 0 aliphatic heterocycles. The van der Waals surface area contributed by atoms with Crippen LogP contribution in [-0.4, -0.2) is 18.5 Å². The summed E-state index contributed by atoms with van der Waals surface area (Å²) in [5.41, 5.74) is 2.16. The van der Waals surface area contributed by atoms with E-state index in [9.17, 15) is 4.79 Å². The van der Waals surface area contributed by atoms with E-state index in [0.29, 0.717) is 12.5 Å². The van der Waals surface area contributed by atoms with E-state index in [4.69, 9.17) is 0 Å². The van der Waals surface area contributed by atoms with Crippen LogP contribution in [0, 0.1) is 12.8 Å². The molecule has 3 heteroatoms. The highest BCUT2D eigenvalue weighted by Crippen LogP contribution is 2.12. The fraction of sp³-hybridized carbons (Fsp3) is 0.500. The first kappa shape index (κ1) is 13.6. The fourth-order valence-electron chi connectivity index (χ4n) is 1.42. The molecule has 94 valence electrons. The summed E-state index contributed by atoms with van der Waals surface area (Å²) in [6.45, 7) is 8.56. The first-order chi connectivity index (χ1) is 8.00. The van der Waals surface area contributed by atoms with Crippen LogP contribution in [0.2, 0.25) is 0 Å². The van der Waals surface area contributed by atoms with Gasteiger partial charge in [0.05, 0.1) is 6.54 Å². The molecule has 0 spiro atoms. The standard InChI is InChI=1S/C14H22N2O/c1-10(2)12(4)16-14(17)9-15-13-8-6-5-7-11(13)3/h5-8,10,12,15H,9H2,1-4H3,(H,16,17). The summed E-state index contributed by atoms with van der Waals surface area (Å²) in [5.74, 6) is 0.492. The van der Waals surface area contributed by atoms with Gasteiger partial charge < -0.3 is 10.6 Å². The van der Waals surface area contributed by atoms with Crippen molar-refractivity contribution < 1.29 is 4.79 Å². The van der Waals surface area contributed by atoms with Crippen molar-refractivity contribution in [3.63, 3.8) is 0 Å². The molecule has 1 rings (SSSR count). The Bertz CT molecular complexity index is 374. The van der Waals surface area contributed by atoms with Gasteiger partial charge in [-0.25, -0.2) is 0 Å². The first-order valence-electron chi connectivity index (χ1n) is 6.09. The van der Waals surface area contributed by atoms with Crippen molar-refractivity contribution in [1.29, 1.82) is 0 Å². The molecule has 1 aromatic carbocycles. The van der Waals surface area contributed by atoms with Gasteiger partial charge in [-0.15, -0.1) is 0 Å². The predicted molar refractivity (Wildman–Crippen MR) is 72.1 cm³/mol. The van der Waals surface area contributed by atoms with Crippen molar-refractivity contribution in [3.05, 3.63) is 29.8 Å². The smallest absolute Gasteiger partial charge is 0.239 e. The number of aryl methyl sites for hydroxylation is 1. The molecule has 0 heterocycles. The molecule has 3 nitrogen and oxygen atoms in total. The topological polar surface area (TPSA) is 41.1 Å². The normalized spacial score (nSPS) is 12.3. The fourth-order valence-corrected chi connectivity index (χ4v) is 1.42. The molecule has 0 bridgehead atoms. The molecule has 0 saturated heterocycles. The van der Waals surface area contributed by atoms with Gasteiger partial charge in [0, 0.05) is 11.7 Å². The Hall–Kier alpha value is -1.51. The van der Waals surface area contributed by atoms with Gasteiger partial charge in [0.15, 0.2) is 0 Å². The van der Waals surface area contributed by atoms with E-state index >= 15 is 0 Å². The maximum absolute atomic E-state index is 11.7. The van der Waals surface area contributed by atoms with E-state index < -0.39 is 0 Å². The van der Waals surface area contributed by atoms with Crippen LogP contribution in [0.3, 0.4) is 0 Å². The van der Waals surface area contributed by atoms with E-state index in [1.165, 1.54) is 0 Å². The Morgan fingerprint density at radius 3 is 2.47 bits per heavy atom. The lowest BCUT2D eigenvalue weighted by Crippen LogP contribution is -2.39. The van der Waals surface area contributed by atoms with E-state index in [1.54, 1.807) is 0 Å². The van der Waals surface area contributed by atoms with E-state index in [1.807, 2.05) is 38.1 Å². The predicted octanol–water partition coefficient (Wildman–Crippen LogP) is 2.57. The van der Waals surface area contributed by atoms with Crippen molar-refractivity contribution in [2.75, 3.05) is 11.9 Å². The molecule has 1 amide bonds. The molecule has 0 aromatic heterocycles. The Labute approximate surface area is 104 Å². The highest BCUT2D eigenvalue weighted by Gasteiger charge is 2.10. The lowest BCUT2D eigenvalue weighted by atomic mass is 10.1. The van der Waals surface area contributed by atoms with Crippen LogP contribution in [0.4, 0.5) is 5.69 Å². The molecule has 1 atom stereocenters. The number of benzene rings is 1. The third kappa shape index (κ3) is 4.47. The number of carbonyl (C=O) groups is 1. The Morgan fingerprint density at radius 1 is 1.24 bits per heavy atom. The SMILES string of the molecule is Cc1ccccc1NCC(=O)NC(C)C(C)C. The number of nitrogens with one attached hydrogen (secondary N) is 2. The second-order valence-electron chi connectivity index (χ2n) is 4.77. The van der Waals surface area contributed by atoms with Crippen LogP contribution in [0.15, 0.2) is 24.3 Å². The van der Waals surface area contributed by atoms with Gasteiger partial charge in [-0.05, 0) is 31.4 Å². The highest BCUT2D eigenvalue weighted by atomic mass is 16.1. The average Bonchev–Trinajstić information content (AvgIpc) is 2.27. The van der Waals surface area contributed by atoms with Gasteiger partial charge in [-0.2, -0.15) is 0 Å². The Kier molecular flexibility index (Phi) is 5.01. The van der Waals surface area contributed by atoms with Gasteiger partial charge in [0.1, 0.15) is 0 Å². The quantitative estimate of drug-likeness (QED) is 0.822. The summed E-state index contributed by atoms with van der Waals surface area (Å²) in [6, 6.07) is 8.16. The molecular formula is C14H22N2O. The van der Waals surface area contributed by atoms with Crippen LogP contribution >= 0.6 is 0 Å². The minimum Gasteiger partial charge on any atom is -0.376 e. The molecule has 0 radical (unpaired) electrons.